The van der Waals surface area contributed by atoms with Gasteiger partial charge < -0.3 is 20.5 Å². The van der Waals surface area contributed by atoms with Crippen molar-refractivity contribution in [2.45, 2.75) is 13.5 Å². The number of para-hydroxylation sites is 1. The van der Waals surface area contributed by atoms with E-state index < -0.39 is 11.5 Å². The number of carbonyl (C=O) groups excluding carboxylic acids is 1. The molecule has 0 saturated carbocycles. The van der Waals surface area contributed by atoms with Gasteiger partial charge in [0.2, 0.25) is 0 Å². The minimum atomic E-state index is -0.625. The van der Waals surface area contributed by atoms with E-state index in [0.29, 0.717) is 5.76 Å². The van der Waals surface area contributed by atoms with Crippen molar-refractivity contribution in [2.75, 3.05) is 5.73 Å². The zero-order valence-electron chi connectivity index (χ0n) is 12.8. The smallest absolute Gasteiger partial charge is 0.267 e. The molecular formula is C17H14N4O3. The Bertz CT molecular complexity index is 1040. The molecule has 7 nitrogen and oxygen atoms in total. The molecule has 0 radical (unpaired) electrons. The summed E-state index contributed by atoms with van der Waals surface area (Å²) < 4.78 is 5.72. The van der Waals surface area contributed by atoms with Gasteiger partial charge >= 0.3 is 0 Å². The third-order valence-electron chi connectivity index (χ3n) is 3.79. The SMILES string of the molecule is Cc1c(CNC(=O)c2cc(C#N)c(=O)[nH]c2N)oc2ccccc12. The number of pyridine rings is 1. The molecule has 0 unspecified atom stereocenters. The number of aromatic nitrogens is 1. The van der Waals surface area contributed by atoms with Crippen LogP contribution in [0.5, 0.6) is 0 Å². The van der Waals surface area contributed by atoms with E-state index in [1.165, 1.54) is 6.07 Å². The van der Waals surface area contributed by atoms with Gasteiger partial charge in [-0.1, -0.05) is 18.2 Å². The number of hydrogen-bond donors (Lipinski definition) is 3. The number of anilines is 1. The molecule has 0 aliphatic carbocycles. The second kappa shape index (κ2) is 5.93. The molecule has 2 heterocycles. The summed E-state index contributed by atoms with van der Waals surface area (Å²) in [4.78, 5) is 26.0. The van der Waals surface area contributed by atoms with Crippen molar-refractivity contribution >= 4 is 22.7 Å². The largest absolute Gasteiger partial charge is 0.459 e. The predicted molar refractivity (Wildman–Crippen MR) is 88.3 cm³/mol. The van der Waals surface area contributed by atoms with Crippen molar-refractivity contribution in [1.82, 2.24) is 10.3 Å². The Morgan fingerprint density at radius 1 is 1.42 bits per heavy atom. The standard InChI is InChI=1S/C17H14N4O3/c1-9-11-4-2-3-5-13(11)24-14(9)8-20-17(23)12-6-10(7-18)16(22)21-15(12)19/h2-6H,8H2,1H3,(H,20,23)(H3,19,21,22). The first kappa shape index (κ1) is 15.4. The van der Waals surface area contributed by atoms with Crippen LogP contribution in [0.25, 0.3) is 11.0 Å². The van der Waals surface area contributed by atoms with Crippen LogP contribution in [-0.2, 0) is 6.54 Å². The highest BCUT2D eigenvalue weighted by atomic mass is 16.3. The third-order valence-corrected chi connectivity index (χ3v) is 3.79. The van der Waals surface area contributed by atoms with E-state index in [1.54, 1.807) is 6.07 Å². The lowest BCUT2D eigenvalue weighted by molar-refractivity contribution is 0.0948. The van der Waals surface area contributed by atoms with E-state index in [-0.39, 0.29) is 23.5 Å². The molecule has 120 valence electrons. The summed E-state index contributed by atoms with van der Waals surface area (Å²) in [5.74, 6) is 0.0472. The molecule has 1 aromatic carbocycles. The summed E-state index contributed by atoms with van der Waals surface area (Å²) in [5, 5.41) is 12.6. The predicted octanol–water partition coefficient (Wildman–Crippen LogP) is 1.81. The van der Waals surface area contributed by atoms with Gasteiger partial charge in [-0.2, -0.15) is 5.26 Å². The van der Waals surface area contributed by atoms with Crippen LogP contribution in [-0.4, -0.2) is 10.9 Å². The number of fused-ring (bicyclic) bond motifs is 1. The number of nitriles is 1. The molecular weight excluding hydrogens is 308 g/mol. The molecule has 3 rings (SSSR count). The van der Waals surface area contributed by atoms with Crippen LogP contribution >= 0.6 is 0 Å². The quantitative estimate of drug-likeness (QED) is 0.678. The first-order valence-electron chi connectivity index (χ1n) is 7.19. The van der Waals surface area contributed by atoms with Gasteiger partial charge in [0.05, 0.1) is 12.1 Å². The number of nitrogens with zero attached hydrogens (tertiary/aromatic N) is 1. The van der Waals surface area contributed by atoms with Crippen molar-refractivity contribution in [3.8, 4) is 6.07 Å². The minimum Gasteiger partial charge on any atom is -0.459 e. The number of nitrogen functional groups attached to an aromatic ring is 1. The number of benzene rings is 1. The summed E-state index contributed by atoms with van der Waals surface area (Å²) in [6, 6.07) is 10.5. The maximum atomic E-state index is 12.3. The van der Waals surface area contributed by atoms with Gasteiger partial charge in [0.15, 0.2) is 0 Å². The molecule has 0 spiro atoms. The lowest BCUT2D eigenvalue weighted by Gasteiger charge is -2.07. The van der Waals surface area contributed by atoms with Gasteiger partial charge in [-0.25, -0.2) is 0 Å². The van der Waals surface area contributed by atoms with E-state index in [1.807, 2.05) is 31.2 Å². The molecule has 3 aromatic rings. The maximum Gasteiger partial charge on any atom is 0.267 e. The van der Waals surface area contributed by atoms with Crippen LogP contribution in [0.15, 0.2) is 39.5 Å². The van der Waals surface area contributed by atoms with Gasteiger partial charge in [-0.15, -0.1) is 0 Å². The zero-order chi connectivity index (χ0) is 17.3. The highest BCUT2D eigenvalue weighted by molar-refractivity contribution is 5.98. The second-order valence-electron chi connectivity index (χ2n) is 5.28. The van der Waals surface area contributed by atoms with E-state index in [0.717, 1.165) is 16.5 Å². The second-order valence-corrected chi connectivity index (χ2v) is 5.28. The van der Waals surface area contributed by atoms with Crippen LogP contribution < -0.4 is 16.6 Å². The maximum absolute atomic E-state index is 12.3. The minimum absolute atomic E-state index is 0.0416. The molecule has 2 aromatic heterocycles. The van der Waals surface area contributed by atoms with Crippen LogP contribution in [0.2, 0.25) is 0 Å². The van der Waals surface area contributed by atoms with E-state index in [2.05, 4.69) is 10.3 Å². The average Bonchev–Trinajstić information content (AvgIpc) is 2.89. The van der Waals surface area contributed by atoms with E-state index in [4.69, 9.17) is 15.4 Å². The number of aromatic amines is 1. The van der Waals surface area contributed by atoms with Gasteiger partial charge in [0, 0.05) is 10.9 Å². The van der Waals surface area contributed by atoms with Crippen LogP contribution in [0.4, 0.5) is 5.82 Å². The number of rotatable bonds is 3. The summed E-state index contributed by atoms with van der Waals surface area (Å²) in [7, 11) is 0. The monoisotopic (exact) mass is 322 g/mol. The van der Waals surface area contributed by atoms with Gasteiger partial charge in [-0.3, -0.25) is 9.59 Å². The molecule has 4 N–H and O–H groups in total. The van der Waals surface area contributed by atoms with Crippen LogP contribution in [0.3, 0.4) is 0 Å². The Morgan fingerprint density at radius 2 is 2.17 bits per heavy atom. The molecule has 7 heteroatoms. The van der Waals surface area contributed by atoms with Crippen LogP contribution in [0, 0.1) is 18.3 Å². The number of hydrogen-bond acceptors (Lipinski definition) is 5. The molecule has 0 fully saturated rings. The molecule has 0 saturated heterocycles. The molecule has 0 aliphatic rings. The Balaban J connectivity index is 1.84. The molecule has 0 aliphatic heterocycles. The topological polar surface area (TPSA) is 125 Å². The average molecular weight is 322 g/mol. The number of nitrogens with two attached hydrogens (primary N) is 1. The molecule has 1 amide bonds. The first-order chi connectivity index (χ1) is 11.5. The van der Waals surface area contributed by atoms with Crippen molar-refractivity contribution in [1.29, 1.82) is 5.26 Å². The molecule has 24 heavy (non-hydrogen) atoms. The molecule has 0 bridgehead atoms. The summed E-state index contributed by atoms with van der Waals surface area (Å²) >= 11 is 0. The number of aryl methyl sites for hydroxylation is 1. The van der Waals surface area contributed by atoms with Crippen molar-refractivity contribution < 1.29 is 9.21 Å². The third kappa shape index (κ3) is 2.61. The zero-order valence-corrected chi connectivity index (χ0v) is 12.8. The Morgan fingerprint density at radius 3 is 2.88 bits per heavy atom. The fourth-order valence-electron chi connectivity index (χ4n) is 2.46. The normalized spacial score (nSPS) is 10.5. The summed E-state index contributed by atoms with van der Waals surface area (Å²) in [6.07, 6.45) is 0. The lowest BCUT2D eigenvalue weighted by atomic mass is 10.1. The molecule has 0 atom stereocenters. The van der Waals surface area contributed by atoms with Crippen molar-refractivity contribution in [3.63, 3.8) is 0 Å². The summed E-state index contributed by atoms with van der Waals surface area (Å²) in [5.41, 5.74) is 6.59. The number of furan rings is 1. The lowest BCUT2D eigenvalue weighted by Crippen LogP contribution is -2.26. The highest BCUT2D eigenvalue weighted by Crippen LogP contribution is 2.24. The number of carbonyl (C=O) groups is 1. The van der Waals surface area contributed by atoms with Gasteiger partial charge in [0.1, 0.15) is 28.8 Å². The highest BCUT2D eigenvalue weighted by Gasteiger charge is 2.15. The van der Waals surface area contributed by atoms with Gasteiger partial charge in [-0.05, 0) is 19.1 Å². The number of nitrogens with one attached hydrogen (secondary N) is 2. The van der Waals surface area contributed by atoms with Crippen molar-refractivity contribution in [2.24, 2.45) is 0 Å². The number of amides is 1. The fraction of sp³-hybridized carbons (Fsp3) is 0.118. The van der Waals surface area contributed by atoms with Crippen LogP contribution in [0.1, 0.15) is 27.2 Å². The number of H-pyrrole nitrogens is 1. The van der Waals surface area contributed by atoms with Gasteiger partial charge in [0.25, 0.3) is 11.5 Å². The van der Waals surface area contributed by atoms with Crippen molar-refractivity contribution in [3.05, 3.63) is 63.1 Å². The summed E-state index contributed by atoms with van der Waals surface area (Å²) in [6.45, 7) is 2.08. The Hall–Kier alpha value is -3.53. The Labute approximate surface area is 136 Å². The fourth-order valence-corrected chi connectivity index (χ4v) is 2.46. The first-order valence-corrected chi connectivity index (χ1v) is 7.19. The Kier molecular flexibility index (Phi) is 3.80. The van der Waals surface area contributed by atoms with E-state index >= 15 is 0 Å². The van der Waals surface area contributed by atoms with E-state index in [9.17, 15) is 9.59 Å².